The summed E-state index contributed by atoms with van der Waals surface area (Å²) in [5.41, 5.74) is 0. The van der Waals surface area contributed by atoms with E-state index in [0.717, 1.165) is 12.8 Å². The first-order valence-corrected chi connectivity index (χ1v) is 15.2. The Kier molecular flexibility index (Phi) is 21.5. The molecule has 0 radical (unpaired) electrons. The molecule has 0 N–H and O–H groups in total. The lowest BCUT2D eigenvalue weighted by atomic mass is 10.0. The minimum Gasteiger partial charge on any atom is -0.376 e. The van der Waals surface area contributed by atoms with E-state index >= 15 is 0 Å². The molecule has 0 aliphatic rings. The van der Waals surface area contributed by atoms with Gasteiger partial charge >= 0.3 is 6.07 Å². The van der Waals surface area contributed by atoms with E-state index in [9.17, 15) is 4.57 Å². The Labute approximate surface area is 184 Å². The third-order valence-electron chi connectivity index (χ3n) is 5.19. The largest absolute Gasteiger partial charge is 0.380 e. The molecule has 0 saturated carbocycles. The molecule has 0 fully saturated rings. The van der Waals surface area contributed by atoms with Crippen LogP contribution < -0.4 is 0 Å². The van der Waals surface area contributed by atoms with Crippen molar-refractivity contribution in [3.8, 4) is 0 Å². The van der Waals surface area contributed by atoms with Gasteiger partial charge in [-0.1, -0.05) is 110 Å². The highest BCUT2D eigenvalue weighted by Gasteiger charge is 2.18. The van der Waals surface area contributed by atoms with Gasteiger partial charge in [-0.2, -0.15) is 0 Å². The van der Waals surface area contributed by atoms with E-state index in [-0.39, 0.29) is 12.7 Å². The second-order valence-electron chi connectivity index (χ2n) is 7.88. The molecule has 0 aromatic carbocycles. The molecule has 0 spiro atoms. The third kappa shape index (κ3) is 23.0. The molecule has 28 heavy (non-hydrogen) atoms. The summed E-state index contributed by atoms with van der Waals surface area (Å²) in [5, 5.41) is 0. The maximum Gasteiger partial charge on any atom is 0.380 e. The van der Waals surface area contributed by atoms with Crippen molar-refractivity contribution in [2.24, 2.45) is 0 Å². The molecule has 0 aliphatic heterocycles. The van der Waals surface area contributed by atoms with Crippen molar-refractivity contribution >= 4 is 28.6 Å². The Morgan fingerprint density at radius 3 is 1.43 bits per heavy atom. The Bertz CT molecular complexity index is 364. The van der Waals surface area contributed by atoms with Gasteiger partial charge in [-0.3, -0.25) is 4.57 Å². The summed E-state index contributed by atoms with van der Waals surface area (Å²) in [6, 6.07) is 0. The van der Waals surface area contributed by atoms with Crippen molar-refractivity contribution in [3.63, 3.8) is 0 Å². The first kappa shape index (κ1) is 28.7. The molecular weight excluding hydrogens is 414 g/mol. The minimum absolute atomic E-state index is 0.0672. The summed E-state index contributed by atoms with van der Waals surface area (Å²) in [5.74, 6) is 0. The smallest absolute Gasteiger partial charge is 0.376 e. The first-order chi connectivity index (χ1) is 13.5. The Hall–Kier alpha value is 0.730. The molecule has 1 atom stereocenters. The van der Waals surface area contributed by atoms with Crippen LogP contribution >= 0.6 is 28.6 Å². The number of hydrogen-bond donors (Lipinski definition) is 0. The standard InChI is InChI=1S/C22H45Cl2O3P/c1-3-5-6-7-8-9-10-11-12-13-14-15-16-17-18-19-20-22(26-4-2)21-27-28(23,24)25/h22H,3-21H2,1-2H3/t22-/m1/s1. The predicted octanol–water partition coefficient (Wildman–Crippen LogP) is 9.65. The van der Waals surface area contributed by atoms with Crippen LogP contribution in [0.3, 0.4) is 0 Å². The number of halogens is 2. The Morgan fingerprint density at radius 1 is 0.679 bits per heavy atom. The van der Waals surface area contributed by atoms with Crippen molar-refractivity contribution < 1.29 is 13.8 Å². The molecule has 0 aromatic rings. The molecule has 0 aromatic heterocycles. The van der Waals surface area contributed by atoms with E-state index in [1.54, 1.807) is 0 Å². The quantitative estimate of drug-likeness (QED) is 0.119. The third-order valence-corrected chi connectivity index (χ3v) is 6.23. The van der Waals surface area contributed by atoms with Gasteiger partial charge in [-0.05, 0) is 35.8 Å². The van der Waals surface area contributed by atoms with E-state index in [2.05, 4.69) is 6.92 Å². The van der Waals surface area contributed by atoms with Crippen LogP contribution in [0.25, 0.3) is 0 Å². The minimum atomic E-state index is -3.45. The van der Waals surface area contributed by atoms with E-state index in [1.165, 1.54) is 96.3 Å². The highest BCUT2D eigenvalue weighted by Crippen LogP contribution is 2.57. The molecule has 0 unspecified atom stereocenters. The van der Waals surface area contributed by atoms with E-state index in [4.69, 9.17) is 31.7 Å². The van der Waals surface area contributed by atoms with Gasteiger partial charge in [-0.15, -0.1) is 0 Å². The number of ether oxygens (including phenoxy) is 1. The molecular formula is C22H45Cl2O3P. The van der Waals surface area contributed by atoms with Crippen LogP contribution in [0.1, 0.15) is 123 Å². The van der Waals surface area contributed by atoms with Crippen molar-refractivity contribution in [3.05, 3.63) is 0 Å². The van der Waals surface area contributed by atoms with Gasteiger partial charge in [0.1, 0.15) is 0 Å². The number of unbranched alkanes of at least 4 members (excludes halogenated alkanes) is 15. The van der Waals surface area contributed by atoms with Gasteiger partial charge in [0.25, 0.3) is 0 Å². The van der Waals surface area contributed by atoms with Gasteiger partial charge in [0.05, 0.1) is 12.7 Å². The second kappa shape index (κ2) is 21.0. The SMILES string of the molecule is CCCCCCCCCCCCCCCCCC[C@H](COP(=O)(Cl)Cl)OCC. The molecule has 0 saturated heterocycles. The summed E-state index contributed by atoms with van der Waals surface area (Å²) >= 11 is 10.8. The van der Waals surface area contributed by atoms with Crippen LogP contribution in [-0.2, 0) is 13.8 Å². The lowest BCUT2D eigenvalue weighted by molar-refractivity contribution is 0.0232. The summed E-state index contributed by atoms with van der Waals surface area (Å²) in [7, 11) is 0. The number of hydrogen-bond acceptors (Lipinski definition) is 3. The van der Waals surface area contributed by atoms with Crippen LogP contribution in [-0.4, -0.2) is 19.3 Å². The molecule has 0 aliphatic carbocycles. The van der Waals surface area contributed by atoms with Crippen molar-refractivity contribution in [2.45, 2.75) is 129 Å². The monoisotopic (exact) mass is 458 g/mol. The highest BCUT2D eigenvalue weighted by molar-refractivity contribution is 8.05. The van der Waals surface area contributed by atoms with Crippen molar-refractivity contribution in [1.29, 1.82) is 0 Å². The number of rotatable bonds is 22. The normalized spacial score (nSPS) is 13.1. The fourth-order valence-electron chi connectivity index (χ4n) is 3.54. The molecule has 0 amide bonds. The average Bonchev–Trinajstić information content (AvgIpc) is 2.65. The van der Waals surface area contributed by atoms with E-state index in [1.807, 2.05) is 6.92 Å². The molecule has 0 bridgehead atoms. The zero-order valence-corrected chi connectivity index (χ0v) is 20.8. The zero-order chi connectivity index (χ0) is 20.9. The highest BCUT2D eigenvalue weighted by atomic mass is 35.9. The Balaban J connectivity index is 3.34. The molecule has 0 rings (SSSR count). The molecule has 170 valence electrons. The average molecular weight is 459 g/mol. The lowest BCUT2D eigenvalue weighted by Crippen LogP contribution is -2.18. The predicted molar refractivity (Wildman–Crippen MR) is 125 cm³/mol. The van der Waals surface area contributed by atoms with Crippen LogP contribution in [0.5, 0.6) is 0 Å². The van der Waals surface area contributed by atoms with Gasteiger partial charge in [0.2, 0.25) is 0 Å². The molecule has 6 heteroatoms. The summed E-state index contributed by atoms with van der Waals surface area (Å²) in [6.45, 7) is 5.04. The van der Waals surface area contributed by atoms with Crippen LogP contribution in [0.4, 0.5) is 0 Å². The summed E-state index contributed by atoms with van der Waals surface area (Å²) < 4.78 is 21.8. The topological polar surface area (TPSA) is 35.5 Å². The first-order valence-electron chi connectivity index (χ1n) is 11.7. The van der Waals surface area contributed by atoms with Gasteiger partial charge in [0.15, 0.2) is 0 Å². The lowest BCUT2D eigenvalue weighted by Gasteiger charge is -2.17. The maximum absolute atomic E-state index is 11.2. The van der Waals surface area contributed by atoms with Crippen molar-refractivity contribution in [1.82, 2.24) is 0 Å². The fraction of sp³-hybridized carbons (Fsp3) is 1.00. The Morgan fingerprint density at radius 2 is 1.07 bits per heavy atom. The van der Waals surface area contributed by atoms with Crippen LogP contribution in [0, 0.1) is 0 Å². The summed E-state index contributed by atoms with van der Waals surface area (Å²) in [4.78, 5) is 0. The van der Waals surface area contributed by atoms with Crippen LogP contribution in [0.15, 0.2) is 0 Å². The zero-order valence-electron chi connectivity index (χ0n) is 18.4. The van der Waals surface area contributed by atoms with Crippen molar-refractivity contribution in [2.75, 3.05) is 13.2 Å². The van der Waals surface area contributed by atoms with Gasteiger partial charge in [-0.25, -0.2) is 0 Å². The maximum atomic E-state index is 11.2. The van der Waals surface area contributed by atoms with Crippen LogP contribution in [0.2, 0.25) is 0 Å². The second-order valence-corrected chi connectivity index (χ2v) is 12.2. The molecule has 0 heterocycles. The van der Waals surface area contributed by atoms with E-state index < -0.39 is 6.07 Å². The summed E-state index contributed by atoms with van der Waals surface area (Å²) in [6.07, 6.45) is 19.2. The van der Waals surface area contributed by atoms with E-state index in [0.29, 0.717) is 6.61 Å². The van der Waals surface area contributed by atoms with Gasteiger partial charge < -0.3 is 9.26 Å². The van der Waals surface area contributed by atoms with Gasteiger partial charge in [0, 0.05) is 6.61 Å². The fourth-order valence-corrected chi connectivity index (χ4v) is 4.22. The molecule has 3 nitrogen and oxygen atoms in total.